The highest BCUT2D eigenvalue weighted by Gasteiger charge is 2.29. The van der Waals surface area contributed by atoms with E-state index >= 15 is 0 Å². The molecule has 2 rings (SSSR count). The highest BCUT2D eigenvalue weighted by atomic mass is 79.9. The Kier molecular flexibility index (Phi) is 4.23. The Hall–Kier alpha value is -0.380. The van der Waals surface area contributed by atoms with Crippen LogP contribution in [-0.4, -0.2) is 17.7 Å². The molecule has 3 heteroatoms. The molecule has 0 radical (unpaired) electrons. The molecule has 2 N–H and O–H groups in total. The summed E-state index contributed by atoms with van der Waals surface area (Å²) in [5, 5.41) is 14.1. The first-order chi connectivity index (χ1) is 8.14. The summed E-state index contributed by atoms with van der Waals surface area (Å²) >= 11 is 3.42. The van der Waals surface area contributed by atoms with Crippen LogP contribution < -0.4 is 5.32 Å². The zero-order valence-electron chi connectivity index (χ0n) is 10.2. The summed E-state index contributed by atoms with van der Waals surface area (Å²) in [4.78, 5) is 0. The Morgan fingerprint density at radius 2 is 2.00 bits per heavy atom. The number of hydrogen-bond donors (Lipinski definition) is 2. The lowest BCUT2D eigenvalue weighted by Gasteiger charge is -2.33. The first kappa shape index (κ1) is 13.1. The van der Waals surface area contributed by atoms with Crippen LogP contribution in [0.5, 0.6) is 0 Å². The lowest BCUT2D eigenvalue weighted by atomic mass is 9.88. The molecule has 1 saturated carbocycles. The minimum Gasteiger partial charge on any atom is -0.384 e. The second-order valence-corrected chi connectivity index (χ2v) is 5.82. The van der Waals surface area contributed by atoms with Gasteiger partial charge in [0.15, 0.2) is 0 Å². The first-order valence-electron chi connectivity index (χ1n) is 6.36. The summed E-state index contributed by atoms with van der Waals surface area (Å²) in [5.74, 6) is 0. The second kappa shape index (κ2) is 5.51. The average molecular weight is 298 g/mol. The second-order valence-electron chi connectivity index (χ2n) is 4.90. The van der Waals surface area contributed by atoms with Crippen molar-refractivity contribution in [1.29, 1.82) is 0 Å². The fraction of sp³-hybridized carbons (Fsp3) is 0.571. The van der Waals surface area contributed by atoms with Crippen molar-refractivity contribution in [3.63, 3.8) is 0 Å². The van der Waals surface area contributed by atoms with Crippen LogP contribution in [-0.2, 0) is 5.60 Å². The number of rotatable bonds is 5. The molecule has 1 atom stereocenters. The third-order valence-corrected chi connectivity index (χ3v) is 4.28. The van der Waals surface area contributed by atoms with Crippen LogP contribution in [0, 0.1) is 0 Å². The Bertz CT molecular complexity index is 361. The van der Waals surface area contributed by atoms with Crippen LogP contribution >= 0.6 is 15.9 Å². The topological polar surface area (TPSA) is 32.3 Å². The molecular weight excluding hydrogens is 278 g/mol. The molecule has 0 aliphatic heterocycles. The van der Waals surface area contributed by atoms with Gasteiger partial charge >= 0.3 is 0 Å². The van der Waals surface area contributed by atoms with E-state index in [9.17, 15) is 5.11 Å². The van der Waals surface area contributed by atoms with Crippen LogP contribution in [0.15, 0.2) is 28.7 Å². The van der Waals surface area contributed by atoms with Crippen LogP contribution in [0.4, 0.5) is 0 Å². The van der Waals surface area contributed by atoms with Gasteiger partial charge in [0.2, 0.25) is 0 Å². The van der Waals surface area contributed by atoms with E-state index in [-0.39, 0.29) is 0 Å². The number of aliphatic hydroxyl groups is 1. The quantitative estimate of drug-likeness (QED) is 0.875. The first-order valence-corrected chi connectivity index (χ1v) is 7.15. The number of benzene rings is 1. The van der Waals surface area contributed by atoms with Gasteiger partial charge in [0.1, 0.15) is 5.60 Å². The minimum absolute atomic E-state index is 0.614. The maximum atomic E-state index is 10.7. The fourth-order valence-electron chi connectivity index (χ4n) is 2.12. The lowest BCUT2D eigenvalue weighted by molar-refractivity contribution is 0.0269. The van der Waals surface area contributed by atoms with Gasteiger partial charge in [-0.05, 0) is 37.0 Å². The standard InChI is InChI=1S/C14H20BrNO/c1-2-14(17,10-16-13-4-3-5-13)11-6-8-12(15)9-7-11/h6-9,13,16-17H,2-5,10H2,1H3. The molecule has 2 nitrogen and oxygen atoms in total. The normalized spacial score (nSPS) is 19.7. The van der Waals surface area contributed by atoms with E-state index in [1.807, 2.05) is 31.2 Å². The van der Waals surface area contributed by atoms with Crippen molar-refractivity contribution in [2.24, 2.45) is 0 Å². The van der Waals surface area contributed by atoms with E-state index < -0.39 is 5.60 Å². The number of hydrogen-bond acceptors (Lipinski definition) is 2. The van der Waals surface area contributed by atoms with E-state index in [4.69, 9.17) is 0 Å². The molecule has 0 bridgehead atoms. The summed E-state index contributed by atoms with van der Waals surface area (Å²) in [6.07, 6.45) is 4.55. The molecule has 0 spiro atoms. The van der Waals surface area contributed by atoms with Gasteiger partial charge in [-0.1, -0.05) is 41.4 Å². The molecule has 17 heavy (non-hydrogen) atoms. The van der Waals surface area contributed by atoms with Crippen LogP contribution in [0.3, 0.4) is 0 Å². The predicted octanol–water partition coefficient (Wildman–Crippen LogP) is 3.19. The molecule has 1 aliphatic rings. The van der Waals surface area contributed by atoms with Gasteiger partial charge in [0, 0.05) is 17.1 Å². The third-order valence-electron chi connectivity index (χ3n) is 3.75. The minimum atomic E-state index is -0.740. The summed E-state index contributed by atoms with van der Waals surface area (Å²) in [6.45, 7) is 2.68. The number of nitrogens with one attached hydrogen (secondary N) is 1. The number of halogens is 1. The highest BCUT2D eigenvalue weighted by Crippen LogP contribution is 2.27. The van der Waals surface area contributed by atoms with Crippen LogP contribution in [0.2, 0.25) is 0 Å². The molecule has 1 aromatic carbocycles. The maximum Gasteiger partial charge on any atom is 0.102 e. The molecule has 0 amide bonds. The largest absolute Gasteiger partial charge is 0.384 e. The van der Waals surface area contributed by atoms with E-state index in [0.717, 1.165) is 16.5 Å². The molecule has 1 unspecified atom stereocenters. The Morgan fingerprint density at radius 3 is 2.47 bits per heavy atom. The van der Waals surface area contributed by atoms with E-state index in [1.165, 1.54) is 19.3 Å². The fourth-order valence-corrected chi connectivity index (χ4v) is 2.38. The molecule has 1 aliphatic carbocycles. The van der Waals surface area contributed by atoms with Crippen molar-refractivity contribution in [2.45, 2.75) is 44.2 Å². The van der Waals surface area contributed by atoms with Crippen molar-refractivity contribution in [3.05, 3.63) is 34.3 Å². The van der Waals surface area contributed by atoms with E-state index in [2.05, 4.69) is 21.2 Å². The zero-order valence-corrected chi connectivity index (χ0v) is 11.8. The van der Waals surface area contributed by atoms with Gasteiger partial charge in [-0.2, -0.15) is 0 Å². The predicted molar refractivity (Wildman–Crippen MR) is 74.0 cm³/mol. The van der Waals surface area contributed by atoms with Crippen LogP contribution in [0.25, 0.3) is 0 Å². The Labute approximate surface area is 112 Å². The van der Waals surface area contributed by atoms with Gasteiger partial charge in [-0.25, -0.2) is 0 Å². The molecular formula is C14H20BrNO. The lowest BCUT2D eigenvalue weighted by Crippen LogP contribution is -2.44. The third kappa shape index (κ3) is 3.09. The SMILES string of the molecule is CCC(O)(CNC1CCC1)c1ccc(Br)cc1. The van der Waals surface area contributed by atoms with Crippen molar-refractivity contribution in [3.8, 4) is 0 Å². The average Bonchev–Trinajstić information content (AvgIpc) is 2.27. The zero-order chi connectivity index (χ0) is 12.3. The Morgan fingerprint density at radius 1 is 1.35 bits per heavy atom. The molecule has 0 heterocycles. The highest BCUT2D eigenvalue weighted by molar-refractivity contribution is 9.10. The molecule has 0 saturated heterocycles. The van der Waals surface area contributed by atoms with E-state index in [0.29, 0.717) is 12.6 Å². The van der Waals surface area contributed by atoms with Crippen molar-refractivity contribution < 1.29 is 5.11 Å². The summed E-state index contributed by atoms with van der Waals surface area (Å²) in [6, 6.07) is 8.58. The monoisotopic (exact) mass is 297 g/mol. The molecule has 1 aromatic rings. The Balaban J connectivity index is 2.03. The summed E-state index contributed by atoms with van der Waals surface area (Å²) in [7, 11) is 0. The summed E-state index contributed by atoms with van der Waals surface area (Å²) < 4.78 is 1.05. The van der Waals surface area contributed by atoms with Gasteiger partial charge in [-0.3, -0.25) is 0 Å². The van der Waals surface area contributed by atoms with Gasteiger partial charge in [0.25, 0.3) is 0 Å². The van der Waals surface area contributed by atoms with Gasteiger partial charge < -0.3 is 10.4 Å². The van der Waals surface area contributed by atoms with Crippen LogP contribution in [0.1, 0.15) is 38.2 Å². The van der Waals surface area contributed by atoms with Gasteiger partial charge in [0.05, 0.1) is 0 Å². The smallest absolute Gasteiger partial charge is 0.102 e. The van der Waals surface area contributed by atoms with Crippen molar-refractivity contribution >= 4 is 15.9 Å². The molecule has 1 fully saturated rings. The molecule has 0 aromatic heterocycles. The van der Waals surface area contributed by atoms with Crippen molar-refractivity contribution in [2.75, 3.05) is 6.54 Å². The van der Waals surface area contributed by atoms with E-state index in [1.54, 1.807) is 0 Å². The van der Waals surface area contributed by atoms with Crippen molar-refractivity contribution in [1.82, 2.24) is 5.32 Å². The maximum absolute atomic E-state index is 10.7. The summed E-state index contributed by atoms with van der Waals surface area (Å²) in [5.41, 5.74) is 0.256. The van der Waals surface area contributed by atoms with Gasteiger partial charge in [-0.15, -0.1) is 0 Å². The molecule has 94 valence electrons.